The Morgan fingerprint density at radius 2 is 1.76 bits per heavy atom. The fourth-order valence-corrected chi connectivity index (χ4v) is 2.53. The van der Waals surface area contributed by atoms with Gasteiger partial charge in [-0.1, -0.05) is 37.5 Å². The van der Waals surface area contributed by atoms with E-state index in [1.165, 1.54) is 0 Å². The summed E-state index contributed by atoms with van der Waals surface area (Å²) in [6.07, 6.45) is 4.64. The molecule has 2 N–H and O–H groups in total. The van der Waals surface area contributed by atoms with Crippen molar-refractivity contribution < 1.29 is 19.1 Å². The molecule has 0 atom stereocenters. The molecule has 0 saturated carbocycles. The number of unbranched alkanes of at least 4 members (excludes halogenated alkanes) is 4. The van der Waals surface area contributed by atoms with Crippen LogP contribution in [0.25, 0.3) is 11.5 Å². The van der Waals surface area contributed by atoms with Crippen molar-refractivity contribution in [2.75, 3.05) is 6.54 Å². The zero-order valence-electron chi connectivity index (χ0n) is 14.5. The van der Waals surface area contributed by atoms with Crippen LogP contribution in [0.2, 0.25) is 0 Å². The number of hydrogen-bond donors (Lipinski definition) is 2. The van der Waals surface area contributed by atoms with Crippen molar-refractivity contribution in [2.24, 2.45) is 0 Å². The largest absolute Gasteiger partial charge is 0.481 e. The van der Waals surface area contributed by atoms with Gasteiger partial charge in [-0.15, -0.1) is 0 Å². The Balaban J connectivity index is 1.73. The Morgan fingerprint density at radius 1 is 1.08 bits per heavy atom. The number of nitrogens with zero attached hydrogens (tertiary/aromatic N) is 1. The van der Waals surface area contributed by atoms with Crippen LogP contribution in [0.4, 0.5) is 0 Å². The second-order valence-electron chi connectivity index (χ2n) is 5.97. The van der Waals surface area contributed by atoms with Gasteiger partial charge in [-0.2, -0.15) is 0 Å². The van der Waals surface area contributed by atoms with Crippen LogP contribution < -0.4 is 5.32 Å². The first-order chi connectivity index (χ1) is 12.1. The van der Waals surface area contributed by atoms with E-state index in [0.29, 0.717) is 24.6 Å². The molecule has 0 fully saturated rings. The van der Waals surface area contributed by atoms with Crippen molar-refractivity contribution in [2.45, 2.75) is 45.4 Å². The number of carbonyl (C=O) groups is 2. The predicted octanol–water partition coefficient (Wildman–Crippen LogP) is 3.81. The molecule has 6 heteroatoms. The highest BCUT2D eigenvalue weighted by Gasteiger charge is 2.17. The normalized spacial score (nSPS) is 10.6. The monoisotopic (exact) mass is 344 g/mol. The third kappa shape index (κ3) is 6.06. The minimum atomic E-state index is -0.746. The fraction of sp³-hybridized carbons (Fsp3) is 0.421. The second kappa shape index (κ2) is 9.61. The molecule has 1 aromatic carbocycles. The molecule has 0 radical (unpaired) electrons. The maximum atomic E-state index is 12.2. The van der Waals surface area contributed by atoms with Crippen LogP contribution in [0.3, 0.4) is 0 Å². The van der Waals surface area contributed by atoms with Gasteiger partial charge in [0.15, 0.2) is 0 Å². The van der Waals surface area contributed by atoms with Gasteiger partial charge in [-0.25, -0.2) is 4.98 Å². The molecule has 6 nitrogen and oxygen atoms in total. The van der Waals surface area contributed by atoms with Crippen LogP contribution in [0, 0.1) is 6.92 Å². The number of amides is 1. The Morgan fingerprint density at radius 3 is 2.48 bits per heavy atom. The zero-order chi connectivity index (χ0) is 18.1. The predicted molar refractivity (Wildman–Crippen MR) is 94.3 cm³/mol. The molecular weight excluding hydrogens is 320 g/mol. The molecule has 0 bridgehead atoms. The molecule has 0 aliphatic heterocycles. The van der Waals surface area contributed by atoms with Gasteiger partial charge >= 0.3 is 5.97 Å². The molecule has 0 saturated heterocycles. The van der Waals surface area contributed by atoms with Gasteiger partial charge in [0, 0.05) is 18.5 Å². The average molecular weight is 344 g/mol. The van der Waals surface area contributed by atoms with Crippen molar-refractivity contribution in [3.8, 4) is 11.5 Å². The van der Waals surface area contributed by atoms with Crippen molar-refractivity contribution in [1.29, 1.82) is 0 Å². The van der Waals surface area contributed by atoms with E-state index in [-0.39, 0.29) is 18.1 Å². The minimum Gasteiger partial charge on any atom is -0.481 e. The number of benzene rings is 1. The number of aryl methyl sites for hydroxylation is 1. The zero-order valence-corrected chi connectivity index (χ0v) is 14.5. The summed E-state index contributed by atoms with van der Waals surface area (Å²) in [5.74, 6) is -0.301. The van der Waals surface area contributed by atoms with E-state index in [4.69, 9.17) is 9.52 Å². The number of oxazole rings is 1. The second-order valence-corrected chi connectivity index (χ2v) is 5.97. The Hall–Kier alpha value is -2.63. The first-order valence-corrected chi connectivity index (χ1v) is 8.61. The van der Waals surface area contributed by atoms with Crippen LogP contribution in [-0.4, -0.2) is 28.5 Å². The van der Waals surface area contributed by atoms with Crippen LogP contribution >= 0.6 is 0 Å². The molecule has 2 aromatic rings. The van der Waals surface area contributed by atoms with Crippen molar-refractivity contribution >= 4 is 11.9 Å². The molecule has 0 aliphatic carbocycles. The Bertz CT molecular complexity index is 695. The van der Waals surface area contributed by atoms with Gasteiger partial charge in [0.2, 0.25) is 11.7 Å². The molecule has 1 heterocycles. The van der Waals surface area contributed by atoms with Crippen LogP contribution in [-0.2, 0) is 4.79 Å². The molecule has 0 spiro atoms. The van der Waals surface area contributed by atoms with Gasteiger partial charge in [0.25, 0.3) is 5.91 Å². The lowest BCUT2D eigenvalue weighted by Gasteiger charge is -2.03. The van der Waals surface area contributed by atoms with Crippen molar-refractivity contribution in [1.82, 2.24) is 10.3 Å². The highest BCUT2D eigenvalue weighted by atomic mass is 16.4. The molecular formula is C19H24N2O4. The van der Waals surface area contributed by atoms with Crippen LogP contribution in [0.5, 0.6) is 0 Å². The van der Waals surface area contributed by atoms with E-state index in [2.05, 4.69) is 10.3 Å². The lowest BCUT2D eigenvalue weighted by molar-refractivity contribution is -0.137. The van der Waals surface area contributed by atoms with Crippen molar-refractivity contribution in [3.05, 3.63) is 41.8 Å². The number of aromatic nitrogens is 1. The third-order valence-corrected chi connectivity index (χ3v) is 3.88. The summed E-state index contributed by atoms with van der Waals surface area (Å²) in [5.41, 5.74) is 1.41. The first kappa shape index (κ1) is 18.7. The van der Waals surface area contributed by atoms with Gasteiger partial charge in [-0.05, 0) is 31.9 Å². The molecule has 1 amide bonds. The molecule has 25 heavy (non-hydrogen) atoms. The molecule has 134 valence electrons. The van der Waals surface area contributed by atoms with Crippen LogP contribution in [0.1, 0.15) is 54.8 Å². The summed E-state index contributed by atoms with van der Waals surface area (Å²) >= 11 is 0. The smallest absolute Gasteiger partial charge is 0.303 e. The Kier molecular flexibility index (Phi) is 7.19. The number of aliphatic carboxylic acids is 1. The standard InChI is InChI=1S/C19H24N2O4/c1-14-17(25-19(21-14)15-10-6-5-7-11-15)18(24)20-13-9-4-2-3-8-12-16(22)23/h5-7,10-11H,2-4,8-9,12-13H2,1H3,(H,20,24)(H,22,23). The highest BCUT2D eigenvalue weighted by molar-refractivity contribution is 5.92. The van der Waals surface area contributed by atoms with Gasteiger partial charge in [0.05, 0.1) is 5.69 Å². The molecule has 2 rings (SSSR count). The quantitative estimate of drug-likeness (QED) is 0.639. The van der Waals surface area contributed by atoms with Crippen LogP contribution in [0.15, 0.2) is 34.7 Å². The fourth-order valence-electron chi connectivity index (χ4n) is 2.53. The SMILES string of the molecule is Cc1nc(-c2ccccc2)oc1C(=O)NCCCCCCCC(=O)O. The Labute approximate surface area is 147 Å². The lowest BCUT2D eigenvalue weighted by Crippen LogP contribution is -2.24. The van der Waals surface area contributed by atoms with Gasteiger partial charge in [-0.3, -0.25) is 9.59 Å². The highest BCUT2D eigenvalue weighted by Crippen LogP contribution is 2.21. The van der Waals surface area contributed by atoms with E-state index >= 15 is 0 Å². The summed E-state index contributed by atoms with van der Waals surface area (Å²) in [4.78, 5) is 26.9. The maximum absolute atomic E-state index is 12.2. The maximum Gasteiger partial charge on any atom is 0.303 e. The number of carbonyl (C=O) groups excluding carboxylic acids is 1. The first-order valence-electron chi connectivity index (χ1n) is 8.61. The van der Waals surface area contributed by atoms with E-state index < -0.39 is 5.97 Å². The van der Waals surface area contributed by atoms with E-state index in [0.717, 1.165) is 31.2 Å². The van der Waals surface area contributed by atoms with E-state index in [1.807, 2.05) is 30.3 Å². The van der Waals surface area contributed by atoms with E-state index in [1.54, 1.807) is 6.92 Å². The van der Waals surface area contributed by atoms with Gasteiger partial charge < -0.3 is 14.8 Å². The number of rotatable bonds is 10. The third-order valence-electron chi connectivity index (χ3n) is 3.88. The lowest BCUT2D eigenvalue weighted by atomic mass is 10.1. The summed E-state index contributed by atoms with van der Waals surface area (Å²) in [6, 6.07) is 9.47. The number of nitrogens with one attached hydrogen (secondary N) is 1. The molecule has 1 aromatic heterocycles. The average Bonchev–Trinajstić information content (AvgIpc) is 2.99. The summed E-state index contributed by atoms with van der Waals surface area (Å²) < 4.78 is 5.62. The minimum absolute atomic E-state index is 0.227. The van der Waals surface area contributed by atoms with E-state index in [9.17, 15) is 9.59 Å². The molecule has 0 aliphatic rings. The topological polar surface area (TPSA) is 92.4 Å². The molecule has 0 unspecified atom stereocenters. The number of carboxylic acid groups (broad SMARTS) is 1. The summed E-state index contributed by atoms with van der Waals surface area (Å²) in [7, 11) is 0. The van der Waals surface area contributed by atoms with Gasteiger partial charge in [0.1, 0.15) is 0 Å². The summed E-state index contributed by atoms with van der Waals surface area (Å²) in [6.45, 7) is 2.33. The summed E-state index contributed by atoms with van der Waals surface area (Å²) in [5, 5.41) is 11.4. The van der Waals surface area contributed by atoms with Crippen molar-refractivity contribution in [3.63, 3.8) is 0 Å². The number of hydrogen-bond acceptors (Lipinski definition) is 4. The number of carboxylic acids is 1.